The molecule has 5 nitrogen and oxygen atoms in total. The van der Waals surface area contributed by atoms with E-state index < -0.39 is 15.9 Å². The lowest BCUT2D eigenvalue weighted by molar-refractivity contribution is -0.141. The second kappa shape index (κ2) is 6.20. The summed E-state index contributed by atoms with van der Waals surface area (Å²) in [5.74, 6) is -0.408. The zero-order chi connectivity index (χ0) is 12.0. The molecule has 1 atom stereocenters. The molecule has 0 spiro atoms. The van der Waals surface area contributed by atoms with Gasteiger partial charge in [-0.15, -0.1) is 0 Å². The van der Waals surface area contributed by atoms with Gasteiger partial charge in [0.2, 0.25) is 0 Å². The molecule has 1 fully saturated rings. The molecule has 94 valence electrons. The van der Waals surface area contributed by atoms with Crippen molar-refractivity contribution >= 4 is 15.9 Å². The lowest BCUT2D eigenvalue weighted by atomic mass is 10.2. The predicted molar refractivity (Wildman–Crippen MR) is 63.4 cm³/mol. The highest BCUT2D eigenvalue weighted by atomic mass is 32.2. The molecule has 1 saturated heterocycles. The molecular formula is C10H20N2O3S. The highest BCUT2D eigenvalue weighted by Crippen LogP contribution is 2.13. The fraction of sp³-hybridized carbons (Fsp3) is 0.900. The van der Waals surface area contributed by atoms with Gasteiger partial charge in [0.15, 0.2) is 0 Å². The molecule has 1 unspecified atom stereocenters. The fourth-order valence-electron chi connectivity index (χ4n) is 1.66. The number of ether oxygens (including phenoxy) is 1. The van der Waals surface area contributed by atoms with E-state index in [9.17, 15) is 9.00 Å². The molecular weight excluding hydrogens is 228 g/mol. The second-order valence-electron chi connectivity index (χ2n) is 3.84. The van der Waals surface area contributed by atoms with Gasteiger partial charge in [0.05, 0.1) is 6.61 Å². The van der Waals surface area contributed by atoms with E-state index in [1.165, 1.54) is 6.42 Å². The van der Waals surface area contributed by atoms with Gasteiger partial charge in [-0.3, -0.25) is 4.79 Å². The van der Waals surface area contributed by atoms with Crippen molar-refractivity contribution in [1.82, 2.24) is 4.31 Å². The maximum absolute atomic E-state index is 12.2. The van der Waals surface area contributed by atoms with Crippen molar-refractivity contribution in [2.45, 2.75) is 26.2 Å². The van der Waals surface area contributed by atoms with Crippen molar-refractivity contribution in [3.8, 4) is 0 Å². The van der Waals surface area contributed by atoms with Crippen molar-refractivity contribution in [2.24, 2.45) is 4.36 Å². The molecule has 0 saturated carbocycles. The molecule has 0 aromatic rings. The van der Waals surface area contributed by atoms with Gasteiger partial charge in [-0.05, 0) is 19.8 Å². The quantitative estimate of drug-likeness (QED) is 0.699. The summed E-state index contributed by atoms with van der Waals surface area (Å²) in [7, 11) is -2.39. The van der Waals surface area contributed by atoms with Gasteiger partial charge in [-0.25, -0.2) is 12.9 Å². The lowest BCUT2D eigenvalue weighted by Crippen LogP contribution is -2.35. The Morgan fingerprint density at radius 2 is 2.00 bits per heavy atom. The first kappa shape index (κ1) is 13.4. The first-order chi connectivity index (χ1) is 7.56. The van der Waals surface area contributed by atoms with Gasteiger partial charge in [-0.1, -0.05) is 6.42 Å². The average Bonchev–Trinajstić information content (AvgIpc) is 2.28. The van der Waals surface area contributed by atoms with Gasteiger partial charge in [0.25, 0.3) is 0 Å². The number of rotatable bonds is 4. The minimum Gasteiger partial charge on any atom is -0.465 e. The molecule has 0 aliphatic carbocycles. The van der Waals surface area contributed by atoms with Crippen LogP contribution in [-0.2, 0) is 19.4 Å². The molecule has 0 aromatic carbocycles. The van der Waals surface area contributed by atoms with Crippen LogP contribution < -0.4 is 0 Å². The molecule has 1 rings (SSSR count). The zero-order valence-corrected chi connectivity index (χ0v) is 10.8. The number of nitrogens with zero attached hydrogens (tertiary/aromatic N) is 2. The molecule has 1 aliphatic rings. The van der Waals surface area contributed by atoms with Crippen LogP contribution in [-0.4, -0.2) is 47.0 Å². The Balaban J connectivity index is 2.57. The molecule has 0 N–H and O–H groups in total. The van der Waals surface area contributed by atoms with Crippen molar-refractivity contribution in [3.63, 3.8) is 0 Å². The molecule has 1 aliphatic heterocycles. The Hall–Kier alpha value is -0.620. The van der Waals surface area contributed by atoms with Crippen molar-refractivity contribution in [2.75, 3.05) is 32.5 Å². The van der Waals surface area contributed by atoms with E-state index in [4.69, 9.17) is 4.74 Å². The zero-order valence-electron chi connectivity index (χ0n) is 9.98. The number of carbonyl (C=O) groups excluding carboxylic acids is 1. The Bertz CT molecular complexity index is 342. The number of piperidine rings is 1. The number of esters is 1. The van der Waals surface area contributed by atoms with Gasteiger partial charge < -0.3 is 4.74 Å². The van der Waals surface area contributed by atoms with Crippen LogP contribution in [0.15, 0.2) is 4.36 Å². The van der Waals surface area contributed by atoms with E-state index in [0.717, 1.165) is 25.9 Å². The summed E-state index contributed by atoms with van der Waals surface area (Å²) < 4.78 is 22.8. The van der Waals surface area contributed by atoms with E-state index in [1.807, 2.05) is 4.31 Å². The van der Waals surface area contributed by atoms with E-state index in [2.05, 4.69) is 4.36 Å². The SMILES string of the molecule is CCOC(=O)CN=S(C)(=O)N1CCCCC1. The normalized spacial score (nSPS) is 21.1. The van der Waals surface area contributed by atoms with Gasteiger partial charge in [-0.2, -0.15) is 0 Å². The van der Waals surface area contributed by atoms with E-state index in [1.54, 1.807) is 13.2 Å². The smallest absolute Gasteiger partial charge is 0.328 e. The summed E-state index contributed by atoms with van der Waals surface area (Å²) in [6, 6.07) is 0. The topological polar surface area (TPSA) is 59.0 Å². The van der Waals surface area contributed by atoms with Crippen LogP contribution in [0.4, 0.5) is 0 Å². The van der Waals surface area contributed by atoms with Gasteiger partial charge >= 0.3 is 5.97 Å². The molecule has 0 radical (unpaired) electrons. The molecule has 1 heterocycles. The van der Waals surface area contributed by atoms with Crippen LogP contribution in [0.5, 0.6) is 0 Å². The van der Waals surface area contributed by atoms with Crippen LogP contribution in [0, 0.1) is 0 Å². The maximum Gasteiger partial charge on any atom is 0.328 e. The first-order valence-electron chi connectivity index (χ1n) is 5.65. The Morgan fingerprint density at radius 1 is 1.38 bits per heavy atom. The highest BCUT2D eigenvalue weighted by molar-refractivity contribution is 7.90. The summed E-state index contributed by atoms with van der Waals surface area (Å²) in [6.45, 7) is 3.58. The standard InChI is InChI=1S/C10H20N2O3S/c1-3-15-10(13)9-11-16(2,14)12-7-5-4-6-8-12/h3-9H2,1-2H3. The summed E-state index contributed by atoms with van der Waals surface area (Å²) in [6.07, 6.45) is 4.89. The largest absolute Gasteiger partial charge is 0.465 e. The van der Waals surface area contributed by atoms with Crippen molar-refractivity contribution < 1.29 is 13.7 Å². The highest BCUT2D eigenvalue weighted by Gasteiger charge is 2.18. The predicted octanol–water partition coefficient (Wildman–Crippen LogP) is 1.05. The number of carbonyl (C=O) groups is 1. The molecule has 6 heteroatoms. The van der Waals surface area contributed by atoms with Crippen molar-refractivity contribution in [3.05, 3.63) is 0 Å². The van der Waals surface area contributed by atoms with Crippen LogP contribution in [0.25, 0.3) is 0 Å². The minimum absolute atomic E-state index is 0.111. The third-order valence-electron chi connectivity index (χ3n) is 2.53. The van der Waals surface area contributed by atoms with Crippen LogP contribution in [0.2, 0.25) is 0 Å². The van der Waals surface area contributed by atoms with Crippen molar-refractivity contribution in [1.29, 1.82) is 0 Å². The maximum atomic E-state index is 12.2. The van der Waals surface area contributed by atoms with Crippen LogP contribution in [0.3, 0.4) is 0 Å². The minimum atomic E-state index is -2.39. The third kappa shape index (κ3) is 4.09. The molecule has 0 aromatic heterocycles. The summed E-state index contributed by atoms with van der Waals surface area (Å²) >= 11 is 0. The lowest BCUT2D eigenvalue weighted by Gasteiger charge is -2.27. The Morgan fingerprint density at radius 3 is 2.56 bits per heavy atom. The fourth-order valence-corrected chi connectivity index (χ4v) is 3.11. The van der Waals surface area contributed by atoms with E-state index in [-0.39, 0.29) is 6.54 Å². The van der Waals surface area contributed by atoms with Crippen LogP contribution in [0.1, 0.15) is 26.2 Å². The number of hydrogen-bond donors (Lipinski definition) is 0. The average molecular weight is 248 g/mol. The van der Waals surface area contributed by atoms with Gasteiger partial charge in [0, 0.05) is 19.3 Å². The summed E-state index contributed by atoms with van der Waals surface area (Å²) in [4.78, 5) is 11.1. The third-order valence-corrected chi connectivity index (χ3v) is 4.46. The molecule has 0 bridgehead atoms. The first-order valence-corrected chi connectivity index (χ1v) is 7.53. The second-order valence-corrected chi connectivity index (χ2v) is 6.14. The number of hydrogen-bond acceptors (Lipinski definition) is 4. The summed E-state index contributed by atoms with van der Waals surface area (Å²) in [5.41, 5.74) is 0. The Labute approximate surface area is 97.5 Å². The summed E-state index contributed by atoms with van der Waals surface area (Å²) in [5, 5.41) is 0. The van der Waals surface area contributed by atoms with E-state index >= 15 is 0 Å². The monoisotopic (exact) mass is 248 g/mol. The van der Waals surface area contributed by atoms with E-state index in [0.29, 0.717) is 6.61 Å². The Kier molecular flexibility index (Phi) is 5.21. The molecule has 16 heavy (non-hydrogen) atoms. The van der Waals surface area contributed by atoms with Gasteiger partial charge in [0.1, 0.15) is 16.5 Å². The molecule has 0 amide bonds. The van der Waals surface area contributed by atoms with Crippen LogP contribution >= 0.6 is 0 Å².